The van der Waals surface area contributed by atoms with E-state index in [1.165, 1.54) is 17.0 Å². The van der Waals surface area contributed by atoms with E-state index < -0.39 is 0 Å². The lowest BCUT2D eigenvalue weighted by atomic mass is 10.0. The molecule has 0 spiro atoms. The van der Waals surface area contributed by atoms with Gasteiger partial charge < -0.3 is 9.88 Å². The van der Waals surface area contributed by atoms with Gasteiger partial charge in [-0.05, 0) is 24.6 Å². The van der Waals surface area contributed by atoms with E-state index in [0.29, 0.717) is 17.4 Å². The van der Waals surface area contributed by atoms with Crippen LogP contribution in [-0.2, 0) is 4.79 Å². The van der Waals surface area contributed by atoms with Crippen LogP contribution in [0.15, 0.2) is 24.4 Å². The van der Waals surface area contributed by atoms with E-state index >= 15 is 0 Å². The number of ketones is 1. The Morgan fingerprint density at radius 2 is 2.05 bits per heavy atom. The first kappa shape index (κ1) is 12.8. The average Bonchev–Trinajstić information content (AvgIpc) is 3.10. The molecule has 0 aliphatic heterocycles. The number of carbonyl (C=O) groups excluding carboxylic acids is 2. The van der Waals surface area contributed by atoms with Crippen molar-refractivity contribution in [1.29, 1.82) is 0 Å². The molecule has 0 radical (unpaired) electrons. The van der Waals surface area contributed by atoms with Gasteiger partial charge in [-0.15, -0.1) is 0 Å². The van der Waals surface area contributed by atoms with Crippen LogP contribution in [-0.4, -0.2) is 35.7 Å². The summed E-state index contributed by atoms with van der Waals surface area (Å²) in [4.78, 5) is 28.7. The molecule has 2 aromatic rings. The number of rotatable bonds is 3. The fraction of sp³-hybridized carbons (Fsp3) is 0.333. The topological polar surface area (TPSA) is 53.2 Å². The van der Waals surface area contributed by atoms with Crippen molar-refractivity contribution in [3.05, 3.63) is 35.8 Å². The predicted octanol–water partition coefficient (Wildman–Crippen LogP) is 2.21. The molecule has 1 N–H and O–H groups in total. The Balaban J connectivity index is 1.88. The summed E-state index contributed by atoms with van der Waals surface area (Å²) in [6.07, 6.45) is 2.18. The largest absolute Gasteiger partial charge is 0.360 e. The van der Waals surface area contributed by atoms with Crippen LogP contribution in [0.5, 0.6) is 0 Å². The Bertz CT molecular complexity index is 705. The van der Waals surface area contributed by atoms with Gasteiger partial charge in [0.15, 0.2) is 5.78 Å². The number of hydrogen-bond acceptors (Lipinski definition) is 2. The number of amides is 1. The van der Waals surface area contributed by atoms with Crippen LogP contribution in [0.3, 0.4) is 0 Å². The Kier molecular flexibility index (Phi) is 2.85. The summed E-state index contributed by atoms with van der Waals surface area (Å²) in [5, 5.41) is 0.581. The van der Waals surface area contributed by atoms with Gasteiger partial charge in [-0.2, -0.15) is 0 Å². The first-order chi connectivity index (χ1) is 9.49. The van der Waals surface area contributed by atoms with E-state index in [1.54, 1.807) is 26.4 Å². The minimum absolute atomic E-state index is 0.0191. The number of Topliss-reactive ketones (excluding diaryl/α,β-unsaturated/α-hetero) is 1. The molecule has 1 fully saturated rings. The lowest BCUT2D eigenvalue weighted by molar-refractivity contribution is -0.130. The number of H-pyrrole nitrogens is 1. The molecule has 20 heavy (non-hydrogen) atoms. The highest BCUT2D eigenvalue weighted by molar-refractivity contribution is 6.11. The van der Waals surface area contributed by atoms with Crippen molar-refractivity contribution in [3.8, 4) is 0 Å². The molecule has 0 saturated heterocycles. The molecule has 1 heterocycles. The highest BCUT2D eigenvalue weighted by Gasteiger charge is 2.49. The monoisotopic (exact) mass is 274 g/mol. The summed E-state index contributed by atoms with van der Waals surface area (Å²) in [5.74, 6) is -0.970. The Labute approximate surface area is 115 Å². The van der Waals surface area contributed by atoms with Gasteiger partial charge in [-0.1, -0.05) is 0 Å². The number of nitrogens with one attached hydrogen (secondary N) is 1. The number of nitrogens with zero attached hydrogens (tertiary/aromatic N) is 1. The lowest BCUT2D eigenvalue weighted by Gasteiger charge is -2.09. The van der Waals surface area contributed by atoms with Crippen molar-refractivity contribution in [2.45, 2.75) is 6.42 Å². The van der Waals surface area contributed by atoms with Crippen molar-refractivity contribution in [2.75, 3.05) is 14.1 Å². The van der Waals surface area contributed by atoms with Crippen molar-refractivity contribution >= 4 is 22.6 Å². The van der Waals surface area contributed by atoms with Crippen LogP contribution in [0, 0.1) is 17.7 Å². The van der Waals surface area contributed by atoms with Gasteiger partial charge in [-0.25, -0.2) is 4.39 Å². The second-order valence-corrected chi connectivity index (χ2v) is 5.44. The number of halogens is 1. The Morgan fingerprint density at radius 3 is 2.75 bits per heavy atom. The molecule has 1 saturated carbocycles. The number of fused-ring (bicyclic) bond motifs is 1. The molecule has 1 aliphatic carbocycles. The minimum atomic E-state index is -0.372. The van der Waals surface area contributed by atoms with Crippen LogP contribution >= 0.6 is 0 Å². The van der Waals surface area contributed by atoms with Gasteiger partial charge in [0.2, 0.25) is 5.91 Å². The summed E-state index contributed by atoms with van der Waals surface area (Å²) in [7, 11) is 3.37. The maximum atomic E-state index is 13.3. The van der Waals surface area contributed by atoms with E-state index in [4.69, 9.17) is 0 Å². The Morgan fingerprint density at radius 1 is 1.30 bits per heavy atom. The molecule has 0 unspecified atom stereocenters. The zero-order valence-corrected chi connectivity index (χ0v) is 11.3. The summed E-state index contributed by atoms with van der Waals surface area (Å²) < 4.78 is 13.3. The third-order valence-corrected chi connectivity index (χ3v) is 3.79. The van der Waals surface area contributed by atoms with Gasteiger partial charge >= 0.3 is 0 Å². The van der Waals surface area contributed by atoms with E-state index in [-0.39, 0.29) is 29.3 Å². The number of aromatic nitrogens is 1. The smallest absolute Gasteiger partial charge is 0.225 e. The second-order valence-electron chi connectivity index (χ2n) is 5.44. The third-order valence-electron chi connectivity index (χ3n) is 3.79. The highest BCUT2D eigenvalue weighted by Crippen LogP contribution is 2.43. The lowest BCUT2D eigenvalue weighted by Crippen LogP contribution is -2.25. The van der Waals surface area contributed by atoms with Crippen molar-refractivity contribution in [2.24, 2.45) is 11.8 Å². The number of aromatic amines is 1. The van der Waals surface area contributed by atoms with Crippen LogP contribution in [0.1, 0.15) is 16.8 Å². The van der Waals surface area contributed by atoms with Gasteiger partial charge in [0.25, 0.3) is 0 Å². The molecule has 104 valence electrons. The zero-order chi connectivity index (χ0) is 14.4. The normalized spacial score (nSPS) is 20.9. The van der Waals surface area contributed by atoms with Crippen molar-refractivity contribution in [3.63, 3.8) is 0 Å². The van der Waals surface area contributed by atoms with Crippen molar-refractivity contribution in [1.82, 2.24) is 9.88 Å². The molecule has 3 rings (SSSR count). The summed E-state index contributed by atoms with van der Waals surface area (Å²) in [6.45, 7) is 0. The molecule has 0 bridgehead atoms. The van der Waals surface area contributed by atoms with Gasteiger partial charge in [0.1, 0.15) is 5.82 Å². The van der Waals surface area contributed by atoms with E-state index in [0.717, 1.165) is 5.52 Å². The molecule has 4 nitrogen and oxygen atoms in total. The van der Waals surface area contributed by atoms with E-state index in [9.17, 15) is 14.0 Å². The first-order valence-electron chi connectivity index (χ1n) is 6.51. The molecule has 1 aliphatic rings. The maximum Gasteiger partial charge on any atom is 0.225 e. The molecular weight excluding hydrogens is 259 g/mol. The number of hydrogen-bond donors (Lipinski definition) is 1. The highest BCUT2D eigenvalue weighted by atomic mass is 19.1. The SMILES string of the molecule is CN(C)C(=O)[C@@H]1C[C@H]1C(=O)c1c[nH]c2ccc(F)cc12. The van der Waals surface area contributed by atoms with Crippen LogP contribution in [0.25, 0.3) is 10.9 Å². The second kappa shape index (κ2) is 4.44. The predicted molar refractivity (Wildman–Crippen MR) is 72.9 cm³/mol. The molecule has 1 aromatic carbocycles. The summed E-state index contributed by atoms with van der Waals surface area (Å²) in [5.41, 5.74) is 1.20. The first-order valence-corrected chi connectivity index (χ1v) is 6.51. The zero-order valence-electron chi connectivity index (χ0n) is 11.3. The molecule has 1 amide bonds. The molecule has 1 aromatic heterocycles. The van der Waals surface area contributed by atoms with Crippen molar-refractivity contribution < 1.29 is 14.0 Å². The quantitative estimate of drug-likeness (QED) is 0.872. The summed E-state index contributed by atoms with van der Waals surface area (Å²) in [6, 6.07) is 4.31. The van der Waals surface area contributed by atoms with Gasteiger partial charge in [0.05, 0.1) is 0 Å². The van der Waals surface area contributed by atoms with Gasteiger partial charge in [-0.3, -0.25) is 9.59 Å². The van der Waals surface area contributed by atoms with Crippen LogP contribution in [0.2, 0.25) is 0 Å². The molecular formula is C15H15FN2O2. The average molecular weight is 274 g/mol. The minimum Gasteiger partial charge on any atom is -0.360 e. The number of benzene rings is 1. The fourth-order valence-electron chi connectivity index (χ4n) is 2.59. The van der Waals surface area contributed by atoms with Crippen LogP contribution in [0.4, 0.5) is 4.39 Å². The third kappa shape index (κ3) is 1.99. The fourth-order valence-corrected chi connectivity index (χ4v) is 2.59. The number of carbonyl (C=O) groups is 2. The van der Waals surface area contributed by atoms with E-state index in [1.807, 2.05) is 0 Å². The Hall–Kier alpha value is -2.17. The summed E-state index contributed by atoms with van der Waals surface area (Å²) >= 11 is 0. The standard InChI is InChI=1S/C15H15FN2O2/c1-18(2)15(20)11-6-10(11)14(19)12-7-17-13-4-3-8(16)5-9(12)13/h3-5,7,10-11,17H,6H2,1-2H3/t10-,11-/m1/s1. The van der Waals surface area contributed by atoms with Crippen LogP contribution < -0.4 is 0 Å². The maximum absolute atomic E-state index is 13.3. The van der Waals surface area contributed by atoms with Gasteiger partial charge in [0, 0.05) is 48.6 Å². The molecule has 5 heteroatoms. The molecule has 2 atom stereocenters. The van der Waals surface area contributed by atoms with E-state index in [2.05, 4.69) is 4.98 Å².